The molecule has 2 nitrogen and oxygen atoms in total. The summed E-state index contributed by atoms with van der Waals surface area (Å²) in [7, 11) is 0. The fraction of sp³-hybridized carbons (Fsp3) is 0.769. The third-order valence-electron chi connectivity index (χ3n) is 2.41. The molecule has 0 aliphatic carbocycles. The molecule has 0 radical (unpaired) electrons. The van der Waals surface area contributed by atoms with Crippen molar-refractivity contribution in [3.8, 4) is 0 Å². The predicted octanol–water partition coefficient (Wildman–Crippen LogP) is 3.87. The zero-order valence-electron chi connectivity index (χ0n) is 10.4. The Morgan fingerprint density at radius 2 is 1.47 bits per heavy atom. The van der Waals surface area contributed by atoms with Crippen LogP contribution in [0.4, 0.5) is 0 Å². The van der Waals surface area contributed by atoms with Crippen molar-refractivity contribution in [2.45, 2.75) is 53.4 Å². The highest BCUT2D eigenvalue weighted by Gasteiger charge is 2.04. The van der Waals surface area contributed by atoms with Crippen molar-refractivity contribution in [1.82, 2.24) is 0 Å². The van der Waals surface area contributed by atoms with Gasteiger partial charge in [0.25, 0.3) is 0 Å². The molecule has 0 atom stereocenters. The van der Waals surface area contributed by atoms with Gasteiger partial charge < -0.3 is 5.11 Å². The molecule has 0 spiro atoms. The minimum absolute atomic E-state index is 0.640. The largest absolute Gasteiger partial charge is 0.478 e. The van der Waals surface area contributed by atoms with Crippen molar-refractivity contribution in [3.05, 3.63) is 11.6 Å². The molecule has 2 heteroatoms. The van der Waals surface area contributed by atoms with E-state index >= 15 is 0 Å². The monoisotopic (exact) mass is 212 g/mol. The van der Waals surface area contributed by atoms with Gasteiger partial charge in [0.1, 0.15) is 0 Å². The van der Waals surface area contributed by atoms with Crippen LogP contribution in [-0.2, 0) is 4.79 Å². The van der Waals surface area contributed by atoms with Gasteiger partial charge in [-0.05, 0) is 37.5 Å². The Labute approximate surface area is 93.4 Å². The first-order valence-electron chi connectivity index (χ1n) is 5.84. The normalized spacial score (nSPS) is 10.8. The fourth-order valence-corrected chi connectivity index (χ4v) is 1.39. The topological polar surface area (TPSA) is 37.3 Å². The average molecular weight is 212 g/mol. The zero-order valence-corrected chi connectivity index (χ0v) is 10.4. The first-order valence-corrected chi connectivity index (χ1v) is 5.84. The molecular weight excluding hydrogens is 188 g/mol. The maximum absolute atomic E-state index is 10.6. The smallest absolute Gasteiger partial charge is 0.328 e. The standard InChI is InChI=1S/C13H24O2/c1-10(2)5-7-12(9-13(14)15)8-6-11(3)4/h9-11H,5-8H2,1-4H3,(H,14,15). The molecule has 0 unspecified atom stereocenters. The SMILES string of the molecule is CC(C)CCC(=CC(=O)O)CCC(C)C. The van der Waals surface area contributed by atoms with Crippen molar-refractivity contribution in [3.63, 3.8) is 0 Å². The lowest BCUT2D eigenvalue weighted by molar-refractivity contribution is -0.131. The Balaban J connectivity index is 4.13. The summed E-state index contributed by atoms with van der Waals surface area (Å²) in [5, 5.41) is 8.74. The number of hydrogen-bond acceptors (Lipinski definition) is 1. The quantitative estimate of drug-likeness (QED) is 0.650. The summed E-state index contributed by atoms with van der Waals surface area (Å²) in [6.07, 6.45) is 5.41. The number of carbonyl (C=O) groups is 1. The van der Waals surface area contributed by atoms with Gasteiger partial charge in [0, 0.05) is 6.08 Å². The molecule has 0 rings (SSSR count). The highest BCUT2D eigenvalue weighted by atomic mass is 16.4. The second-order valence-electron chi connectivity index (χ2n) is 5.01. The number of allylic oxidation sites excluding steroid dienone is 1. The summed E-state index contributed by atoms with van der Waals surface area (Å²) in [5.41, 5.74) is 1.09. The molecule has 0 heterocycles. The van der Waals surface area contributed by atoms with Gasteiger partial charge in [-0.25, -0.2) is 4.79 Å². The number of hydrogen-bond donors (Lipinski definition) is 1. The predicted molar refractivity (Wildman–Crippen MR) is 63.9 cm³/mol. The minimum Gasteiger partial charge on any atom is -0.478 e. The summed E-state index contributed by atoms with van der Waals surface area (Å²) in [5.74, 6) is 0.472. The van der Waals surface area contributed by atoms with Gasteiger partial charge in [-0.2, -0.15) is 0 Å². The molecule has 0 aromatic rings. The van der Waals surface area contributed by atoms with E-state index in [1.165, 1.54) is 6.08 Å². The minimum atomic E-state index is -0.808. The van der Waals surface area contributed by atoms with Gasteiger partial charge in [0.05, 0.1) is 0 Å². The van der Waals surface area contributed by atoms with E-state index in [-0.39, 0.29) is 0 Å². The molecule has 0 aromatic carbocycles. The van der Waals surface area contributed by atoms with Crippen LogP contribution >= 0.6 is 0 Å². The summed E-state index contributed by atoms with van der Waals surface area (Å²) < 4.78 is 0. The second-order valence-corrected chi connectivity index (χ2v) is 5.01. The summed E-state index contributed by atoms with van der Waals surface area (Å²) in [4.78, 5) is 10.6. The van der Waals surface area contributed by atoms with Gasteiger partial charge in [-0.1, -0.05) is 33.3 Å². The van der Waals surface area contributed by atoms with Crippen molar-refractivity contribution >= 4 is 5.97 Å². The van der Waals surface area contributed by atoms with Crippen molar-refractivity contribution in [1.29, 1.82) is 0 Å². The van der Waals surface area contributed by atoms with Crippen LogP contribution in [0.2, 0.25) is 0 Å². The van der Waals surface area contributed by atoms with E-state index < -0.39 is 5.97 Å². The molecule has 0 aliphatic rings. The van der Waals surface area contributed by atoms with Crippen molar-refractivity contribution in [2.75, 3.05) is 0 Å². The summed E-state index contributed by atoms with van der Waals surface area (Å²) in [6, 6.07) is 0. The average Bonchev–Trinajstić information content (AvgIpc) is 2.08. The number of aliphatic carboxylic acids is 1. The van der Waals surface area contributed by atoms with Crippen LogP contribution < -0.4 is 0 Å². The van der Waals surface area contributed by atoms with Crippen LogP contribution in [0.1, 0.15) is 53.4 Å². The molecule has 1 N–H and O–H groups in total. The Morgan fingerprint density at radius 1 is 1.07 bits per heavy atom. The molecule has 0 aliphatic heterocycles. The Morgan fingerprint density at radius 3 is 1.73 bits per heavy atom. The van der Waals surface area contributed by atoms with E-state index in [2.05, 4.69) is 27.7 Å². The number of rotatable bonds is 7. The van der Waals surface area contributed by atoms with Crippen LogP contribution in [-0.4, -0.2) is 11.1 Å². The van der Waals surface area contributed by atoms with Crippen LogP contribution in [0.3, 0.4) is 0 Å². The first kappa shape index (κ1) is 14.2. The molecule has 0 saturated heterocycles. The van der Waals surface area contributed by atoms with Crippen LogP contribution in [0.15, 0.2) is 11.6 Å². The van der Waals surface area contributed by atoms with E-state index in [4.69, 9.17) is 5.11 Å². The Kier molecular flexibility index (Phi) is 7.10. The van der Waals surface area contributed by atoms with Gasteiger partial charge in [0.15, 0.2) is 0 Å². The second kappa shape index (κ2) is 7.49. The van der Waals surface area contributed by atoms with E-state index in [1.807, 2.05) is 0 Å². The Hall–Kier alpha value is -0.790. The maximum atomic E-state index is 10.6. The third kappa shape index (κ3) is 9.51. The highest BCUT2D eigenvalue weighted by molar-refractivity contribution is 5.80. The summed E-state index contributed by atoms with van der Waals surface area (Å²) in [6.45, 7) is 8.67. The van der Waals surface area contributed by atoms with Crippen LogP contribution in [0.25, 0.3) is 0 Å². The number of carboxylic acid groups (broad SMARTS) is 1. The van der Waals surface area contributed by atoms with Crippen LogP contribution in [0.5, 0.6) is 0 Å². The van der Waals surface area contributed by atoms with Crippen molar-refractivity contribution < 1.29 is 9.90 Å². The molecule has 15 heavy (non-hydrogen) atoms. The van der Waals surface area contributed by atoms with E-state index in [9.17, 15) is 4.79 Å². The molecular formula is C13H24O2. The summed E-state index contributed by atoms with van der Waals surface area (Å²) >= 11 is 0. The third-order valence-corrected chi connectivity index (χ3v) is 2.41. The van der Waals surface area contributed by atoms with Gasteiger partial charge >= 0.3 is 5.97 Å². The first-order chi connectivity index (χ1) is 6.91. The molecule has 0 bridgehead atoms. The lowest BCUT2D eigenvalue weighted by Gasteiger charge is -2.10. The van der Waals surface area contributed by atoms with Gasteiger partial charge in [-0.15, -0.1) is 0 Å². The van der Waals surface area contributed by atoms with Crippen molar-refractivity contribution in [2.24, 2.45) is 11.8 Å². The maximum Gasteiger partial charge on any atom is 0.328 e. The lowest BCUT2D eigenvalue weighted by Crippen LogP contribution is -1.98. The van der Waals surface area contributed by atoms with Crippen LogP contribution in [0, 0.1) is 11.8 Å². The number of carboxylic acids is 1. The highest BCUT2D eigenvalue weighted by Crippen LogP contribution is 2.18. The Bertz CT molecular complexity index is 201. The fourth-order valence-electron chi connectivity index (χ4n) is 1.39. The molecule has 0 aromatic heterocycles. The molecule has 0 saturated carbocycles. The molecule has 88 valence electrons. The van der Waals surface area contributed by atoms with E-state index in [0.717, 1.165) is 31.3 Å². The molecule has 0 fully saturated rings. The van der Waals surface area contributed by atoms with E-state index in [0.29, 0.717) is 11.8 Å². The van der Waals surface area contributed by atoms with Gasteiger partial charge in [-0.3, -0.25) is 0 Å². The molecule has 0 amide bonds. The zero-order chi connectivity index (χ0) is 11.8. The van der Waals surface area contributed by atoms with Gasteiger partial charge in [0.2, 0.25) is 0 Å². The van der Waals surface area contributed by atoms with E-state index in [1.54, 1.807) is 0 Å². The lowest BCUT2D eigenvalue weighted by atomic mass is 9.96.